The van der Waals surface area contributed by atoms with Crippen LogP contribution in [0, 0.1) is 12.7 Å². The lowest BCUT2D eigenvalue weighted by atomic mass is 9.63. The summed E-state index contributed by atoms with van der Waals surface area (Å²) in [5.74, 6) is -0.511. The van der Waals surface area contributed by atoms with Crippen molar-refractivity contribution in [3.63, 3.8) is 0 Å². The number of nitrogens with zero attached hydrogens (tertiary/aromatic N) is 2. The number of benzene rings is 1. The first-order chi connectivity index (χ1) is 18.1. The highest BCUT2D eigenvalue weighted by molar-refractivity contribution is 5.80. The number of rotatable bonds is 8. The Kier molecular flexibility index (Phi) is 7.36. The molecular formula is C27H33F3N4O4. The smallest absolute Gasteiger partial charge is 0.266 e. The number of aromatic nitrogens is 2. The number of amides is 1. The molecule has 11 heteroatoms. The van der Waals surface area contributed by atoms with Crippen molar-refractivity contribution in [3.8, 4) is 0 Å². The number of ether oxygens (including phenoxy) is 2. The Morgan fingerprint density at radius 3 is 2.37 bits per heavy atom. The van der Waals surface area contributed by atoms with Crippen LogP contribution in [-0.4, -0.2) is 45.3 Å². The van der Waals surface area contributed by atoms with Gasteiger partial charge in [0.05, 0.1) is 48.1 Å². The maximum absolute atomic E-state index is 14.9. The third-order valence-electron chi connectivity index (χ3n) is 8.05. The number of fused-ring (bicyclic) bond motifs is 3. The second-order valence-corrected chi connectivity index (χ2v) is 10.7. The molecule has 4 aliphatic rings. The van der Waals surface area contributed by atoms with Crippen LogP contribution < -0.4 is 10.6 Å². The summed E-state index contributed by atoms with van der Waals surface area (Å²) in [7, 11) is 0. The quantitative estimate of drug-likeness (QED) is 0.455. The minimum atomic E-state index is -2.94. The largest absolute Gasteiger partial charge is 0.390 e. The third-order valence-corrected chi connectivity index (χ3v) is 8.05. The fraction of sp³-hybridized carbons (Fsp3) is 0.593. The lowest BCUT2D eigenvalue weighted by Gasteiger charge is -2.51. The maximum atomic E-state index is 14.9. The molecule has 6 rings (SSSR count). The van der Waals surface area contributed by atoms with Gasteiger partial charge in [0.25, 0.3) is 6.43 Å². The highest BCUT2D eigenvalue weighted by atomic mass is 19.3. The number of anilines is 1. The molecule has 2 bridgehead atoms. The molecule has 0 spiro atoms. The van der Waals surface area contributed by atoms with Crippen LogP contribution in [0.3, 0.4) is 0 Å². The van der Waals surface area contributed by atoms with Gasteiger partial charge in [-0.25, -0.2) is 23.1 Å². The van der Waals surface area contributed by atoms with Crippen molar-refractivity contribution in [1.29, 1.82) is 0 Å². The van der Waals surface area contributed by atoms with Gasteiger partial charge in [-0.05, 0) is 52.4 Å². The number of aryl methyl sites for hydroxylation is 1. The number of alkyl halides is 2. The summed E-state index contributed by atoms with van der Waals surface area (Å²) in [6.45, 7) is 4.01. The van der Waals surface area contributed by atoms with Crippen molar-refractivity contribution in [3.05, 3.63) is 52.2 Å². The van der Waals surface area contributed by atoms with Gasteiger partial charge in [-0.15, -0.1) is 0 Å². The van der Waals surface area contributed by atoms with Crippen LogP contribution in [0.4, 0.5) is 19.0 Å². The van der Waals surface area contributed by atoms with Gasteiger partial charge in [0.1, 0.15) is 17.5 Å². The van der Waals surface area contributed by atoms with E-state index in [0.717, 1.165) is 25.3 Å². The van der Waals surface area contributed by atoms with E-state index in [1.807, 2.05) is 0 Å². The number of aliphatic hydroxyl groups is 1. The van der Waals surface area contributed by atoms with Crippen LogP contribution in [-0.2, 0) is 20.7 Å². The predicted octanol–water partition coefficient (Wildman–Crippen LogP) is 4.58. The maximum Gasteiger partial charge on any atom is 0.266 e. The monoisotopic (exact) mass is 534 g/mol. The Labute approximate surface area is 219 Å². The molecule has 38 heavy (non-hydrogen) atoms. The zero-order valence-electron chi connectivity index (χ0n) is 21.5. The van der Waals surface area contributed by atoms with Gasteiger partial charge in [-0.1, -0.05) is 18.2 Å². The molecule has 1 saturated heterocycles. The number of carbonyl (C=O) groups excluding carboxylic acids is 1. The van der Waals surface area contributed by atoms with Crippen LogP contribution in [0.15, 0.2) is 18.2 Å². The van der Waals surface area contributed by atoms with E-state index in [0.29, 0.717) is 55.4 Å². The summed E-state index contributed by atoms with van der Waals surface area (Å²) in [5.41, 5.74) is -0.693. The summed E-state index contributed by atoms with van der Waals surface area (Å²) < 4.78 is 52.9. The second-order valence-electron chi connectivity index (χ2n) is 10.7. The van der Waals surface area contributed by atoms with E-state index in [2.05, 4.69) is 20.6 Å². The average Bonchev–Trinajstić information content (AvgIpc) is 3.39. The molecule has 0 unspecified atom stereocenters. The lowest BCUT2D eigenvalue weighted by Crippen LogP contribution is -2.59. The summed E-state index contributed by atoms with van der Waals surface area (Å²) in [6.07, 6.45) is 0.382. The molecule has 3 aliphatic carbocycles. The third kappa shape index (κ3) is 5.37. The fourth-order valence-electron chi connectivity index (χ4n) is 5.86. The van der Waals surface area contributed by atoms with Crippen molar-refractivity contribution in [1.82, 2.24) is 15.3 Å². The van der Waals surface area contributed by atoms with E-state index in [1.165, 1.54) is 12.1 Å². The minimum absolute atomic E-state index is 0.0494. The van der Waals surface area contributed by atoms with Gasteiger partial charge in [-0.3, -0.25) is 4.79 Å². The first-order valence-corrected chi connectivity index (χ1v) is 13.1. The molecule has 2 heterocycles. The minimum Gasteiger partial charge on any atom is -0.390 e. The molecule has 1 aliphatic heterocycles. The number of hydrogen-bond acceptors (Lipinski definition) is 7. The number of halogens is 3. The van der Waals surface area contributed by atoms with Crippen molar-refractivity contribution in [2.24, 2.45) is 0 Å². The molecule has 1 atom stereocenters. The Morgan fingerprint density at radius 1 is 1.11 bits per heavy atom. The molecule has 1 aromatic heterocycles. The van der Waals surface area contributed by atoms with Crippen LogP contribution in [0.25, 0.3) is 0 Å². The van der Waals surface area contributed by atoms with Crippen molar-refractivity contribution in [2.45, 2.75) is 88.7 Å². The van der Waals surface area contributed by atoms with E-state index < -0.39 is 35.7 Å². The zero-order chi connectivity index (χ0) is 27.1. The van der Waals surface area contributed by atoms with Crippen molar-refractivity contribution in [2.75, 3.05) is 18.5 Å². The van der Waals surface area contributed by atoms with Gasteiger partial charge < -0.3 is 25.2 Å². The van der Waals surface area contributed by atoms with Crippen LogP contribution in [0.1, 0.15) is 92.4 Å². The summed E-state index contributed by atoms with van der Waals surface area (Å²) in [5, 5.41) is 16.8. The highest BCUT2D eigenvalue weighted by Gasteiger charge is 2.48. The Balaban J connectivity index is 1.41. The molecule has 206 valence electrons. The van der Waals surface area contributed by atoms with Gasteiger partial charge >= 0.3 is 0 Å². The van der Waals surface area contributed by atoms with E-state index in [4.69, 9.17) is 9.47 Å². The van der Waals surface area contributed by atoms with Crippen LogP contribution >= 0.6 is 0 Å². The Hall–Kier alpha value is -2.76. The van der Waals surface area contributed by atoms with E-state index >= 15 is 0 Å². The molecule has 1 amide bonds. The Morgan fingerprint density at radius 2 is 1.74 bits per heavy atom. The zero-order valence-corrected chi connectivity index (χ0v) is 21.5. The summed E-state index contributed by atoms with van der Waals surface area (Å²) >= 11 is 0. The summed E-state index contributed by atoms with van der Waals surface area (Å²) in [4.78, 5) is 22.3. The van der Waals surface area contributed by atoms with E-state index in [9.17, 15) is 23.1 Å². The second kappa shape index (κ2) is 10.4. The van der Waals surface area contributed by atoms with E-state index in [1.54, 1.807) is 13.8 Å². The highest BCUT2D eigenvalue weighted by Crippen LogP contribution is 2.46. The molecule has 8 nitrogen and oxygen atoms in total. The summed E-state index contributed by atoms with van der Waals surface area (Å²) in [6, 6.07) is 3.16. The molecular weight excluding hydrogens is 501 g/mol. The first kappa shape index (κ1) is 26.8. The molecule has 0 radical (unpaired) electrons. The Bertz CT molecular complexity index is 1180. The van der Waals surface area contributed by atoms with Crippen molar-refractivity contribution >= 4 is 11.7 Å². The molecule has 2 aromatic rings. The number of carbonyl (C=O) groups is 1. The van der Waals surface area contributed by atoms with Crippen LogP contribution in [0.2, 0.25) is 0 Å². The topological polar surface area (TPSA) is 106 Å². The average molecular weight is 535 g/mol. The van der Waals surface area contributed by atoms with Gasteiger partial charge in [0, 0.05) is 11.1 Å². The van der Waals surface area contributed by atoms with Crippen LogP contribution in [0.5, 0.6) is 0 Å². The lowest BCUT2D eigenvalue weighted by molar-refractivity contribution is -0.127. The SMILES string of the molecule is Cc1nc(CC(=O)NC23CCC(O)(CC2)CC3)c(C2OCCO2)c(N[C@H](C)c2cccc(C(F)F)c2F)n1. The predicted molar refractivity (Wildman–Crippen MR) is 132 cm³/mol. The fourth-order valence-corrected chi connectivity index (χ4v) is 5.86. The van der Waals surface area contributed by atoms with Gasteiger partial charge in [0.15, 0.2) is 6.29 Å². The molecule has 3 saturated carbocycles. The molecule has 4 fully saturated rings. The number of nitrogens with one attached hydrogen (secondary N) is 2. The molecule has 1 aromatic carbocycles. The van der Waals surface area contributed by atoms with E-state index in [-0.39, 0.29) is 23.4 Å². The molecule has 3 N–H and O–H groups in total. The van der Waals surface area contributed by atoms with Crippen molar-refractivity contribution < 1.29 is 32.5 Å². The standard InChI is InChI=1S/C27H33F3N4O4/c1-15(17-4-3-5-18(22(17)28)23(29)30)31-24-21(25-37-12-13-38-25)19(32-16(2)33-24)14-20(35)34-26-6-9-27(36,10-7-26)11-8-26/h3-5,15,23,25,36H,6-14H2,1-2H3,(H,34,35)(H,31,32,33)/t15-,26?,27?/m1/s1. The normalized spacial score (nSPS) is 26.1. The van der Waals surface area contributed by atoms with Gasteiger partial charge in [-0.2, -0.15) is 0 Å². The first-order valence-electron chi connectivity index (χ1n) is 13.1. The number of hydrogen-bond donors (Lipinski definition) is 3. The van der Waals surface area contributed by atoms with Gasteiger partial charge in [0.2, 0.25) is 5.91 Å².